The molecule has 0 atom stereocenters. The third-order valence-electron chi connectivity index (χ3n) is 5.32. The van der Waals surface area contributed by atoms with Gasteiger partial charge in [0.25, 0.3) is 11.5 Å². The van der Waals surface area contributed by atoms with Crippen LogP contribution in [0.3, 0.4) is 0 Å². The normalized spacial score (nSPS) is 15.2. The van der Waals surface area contributed by atoms with Gasteiger partial charge >= 0.3 is 6.18 Å². The van der Waals surface area contributed by atoms with Crippen LogP contribution in [-0.2, 0) is 17.5 Å². The Morgan fingerprint density at radius 1 is 1.25 bits per heavy atom. The highest BCUT2D eigenvalue weighted by Gasteiger charge is 2.47. The lowest BCUT2D eigenvalue weighted by Gasteiger charge is -2.16. The number of hydrogen-bond donors (Lipinski definition) is 5. The molecule has 166 valence electrons. The van der Waals surface area contributed by atoms with Gasteiger partial charge in [0, 0.05) is 12.6 Å². The van der Waals surface area contributed by atoms with E-state index in [1.807, 2.05) is 0 Å². The fourth-order valence-electron chi connectivity index (χ4n) is 3.39. The van der Waals surface area contributed by atoms with Gasteiger partial charge in [-0.25, -0.2) is 4.98 Å². The number of nitrogens with zero attached hydrogens (tertiary/aromatic N) is 1. The van der Waals surface area contributed by atoms with Crippen molar-refractivity contribution in [1.29, 1.82) is 0 Å². The average molecular weight is 447 g/mol. The van der Waals surface area contributed by atoms with Crippen LogP contribution in [0.2, 0.25) is 0 Å². The van der Waals surface area contributed by atoms with E-state index in [0.29, 0.717) is 29.4 Å². The van der Waals surface area contributed by atoms with Crippen LogP contribution in [0.1, 0.15) is 24.0 Å². The van der Waals surface area contributed by atoms with Gasteiger partial charge in [0.05, 0.1) is 27.7 Å². The van der Waals surface area contributed by atoms with Crippen LogP contribution < -0.4 is 16.2 Å². The number of aromatic nitrogens is 3. The van der Waals surface area contributed by atoms with E-state index in [1.54, 1.807) is 0 Å². The zero-order chi connectivity index (χ0) is 22.7. The Bertz CT molecular complexity index is 1410. The summed E-state index contributed by atoms with van der Waals surface area (Å²) in [6.07, 6.45) is -3.91. The Labute approximate surface area is 176 Å². The Kier molecular flexibility index (Phi) is 4.31. The summed E-state index contributed by atoms with van der Waals surface area (Å²) in [7, 11) is 0. The summed E-state index contributed by atoms with van der Waals surface area (Å²) in [5.41, 5.74) is -1.50. The number of benzene rings is 2. The summed E-state index contributed by atoms with van der Waals surface area (Å²) in [5.74, 6) is -0.522. The molecule has 32 heavy (non-hydrogen) atoms. The number of fused-ring (bicyclic) bond motifs is 2. The van der Waals surface area contributed by atoms with Crippen LogP contribution in [0.15, 0.2) is 39.6 Å². The Morgan fingerprint density at radius 3 is 2.75 bits per heavy atom. The minimum absolute atomic E-state index is 0.0306. The summed E-state index contributed by atoms with van der Waals surface area (Å²) < 4.78 is 45.6. The number of nitrogens with one attached hydrogen (secondary N) is 4. The SMILES string of the molecule is O=C(NCc1ccc(C(F)(F)F)c(Nc2nc3cc4o[nH]c(=O)c4cc3[nH]2)c1)C1(O)CC1. The second-order valence-electron chi connectivity index (χ2n) is 7.70. The van der Waals surface area contributed by atoms with Crippen molar-refractivity contribution >= 4 is 39.5 Å². The van der Waals surface area contributed by atoms with Gasteiger partial charge in [0.1, 0.15) is 5.60 Å². The lowest BCUT2D eigenvalue weighted by Crippen LogP contribution is -2.35. The molecule has 0 unspecified atom stereocenters. The molecule has 1 fully saturated rings. The van der Waals surface area contributed by atoms with E-state index in [1.165, 1.54) is 24.3 Å². The Hall–Kier alpha value is -3.80. The second-order valence-corrected chi connectivity index (χ2v) is 7.70. The first-order chi connectivity index (χ1) is 15.1. The quantitative estimate of drug-likeness (QED) is 0.319. The van der Waals surface area contributed by atoms with Crippen molar-refractivity contribution in [3.8, 4) is 0 Å². The molecule has 9 nitrogen and oxygen atoms in total. The molecule has 2 aromatic heterocycles. The molecule has 0 spiro atoms. The lowest BCUT2D eigenvalue weighted by atomic mass is 10.1. The number of hydrogen-bond acceptors (Lipinski definition) is 6. The van der Waals surface area contributed by atoms with Gasteiger partial charge in [0.15, 0.2) is 5.58 Å². The third kappa shape index (κ3) is 3.58. The zero-order valence-corrected chi connectivity index (χ0v) is 16.3. The lowest BCUT2D eigenvalue weighted by molar-refractivity contribution is -0.137. The summed E-state index contributed by atoms with van der Waals surface area (Å²) in [6, 6.07) is 6.40. The number of carbonyl (C=O) groups excluding carboxylic acids is 1. The maximum absolute atomic E-state index is 13.5. The molecule has 0 saturated heterocycles. The Balaban J connectivity index is 1.45. The molecule has 1 aliphatic carbocycles. The predicted molar refractivity (Wildman–Crippen MR) is 107 cm³/mol. The first-order valence-electron chi connectivity index (χ1n) is 9.61. The fourth-order valence-corrected chi connectivity index (χ4v) is 3.39. The molecule has 5 rings (SSSR count). The topological polar surface area (TPSA) is 136 Å². The molecule has 2 aromatic carbocycles. The van der Waals surface area contributed by atoms with Gasteiger partial charge in [-0.1, -0.05) is 6.07 Å². The maximum Gasteiger partial charge on any atom is 0.418 e. The smallest absolute Gasteiger partial charge is 0.380 e. The molecule has 0 radical (unpaired) electrons. The predicted octanol–water partition coefficient (Wildman–Crippen LogP) is 2.90. The van der Waals surface area contributed by atoms with Crippen LogP contribution in [0.5, 0.6) is 0 Å². The van der Waals surface area contributed by atoms with E-state index in [9.17, 15) is 27.9 Å². The van der Waals surface area contributed by atoms with Gasteiger partial charge < -0.3 is 25.2 Å². The first-order valence-corrected chi connectivity index (χ1v) is 9.61. The van der Waals surface area contributed by atoms with E-state index in [2.05, 4.69) is 25.8 Å². The number of imidazole rings is 1. The summed E-state index contributed by atoms with van der Waals surface area (Å²) in [5, 5.41) is 17.4. The van der Waals surface area contributed by atoms with Gasteiger partial charge in [-0.3, -0.25) is 9.59 Å². The summed E-state index contributed by atoms with van der Waals surface area (Å²) >= 11 is 0. The van der Waals surface area contributed by atoms with Crippen molar-refractivity contribution in [3.63, 3.8) is 0 Å². The van der Waals surface area contributed by atoms with Crippen LogP contribution in [0.4, 0.5) is 24.8 Å². The van der Waals surface area contributed by atoms with Crippen LogP contribution >= 0.6 is 0 Å². The van der Waals surface area contributed by atoms with Crippen molar-refractivity contribution in [2.24, 2.45) is 0 Å². The number of anilines is 2. The first kappa shape index (κ1) is 20.1. The molecule has 5 N–H and O–H groups in total. The number of rotatable bonds is 5. The fraction of sp³-hybridized carbons (Fsp3) is 0.250. The van der Waals surface area contributed by atoms with Crippen molar-refractivity contribution in [1.82, 2.24) is 20.4 Å². The number of amides is 1. The van der Waals surface area contributed by atoms with Crippen LogP contribution in [0.25, 0.3) is 22.0 Å². The van der Waals surface area contributed by atoms with E-state index >= 15 is 0 Å². The number of alkyl halides is 3. The molecular formula is C20H16F3N5O4. The monoisotopic (exact) mass is 447 g/mol. The average Bonchev–Trinajstić information content (AvgIpc) is 3.21. The van der Waals surface area contributed by atoms with Crippen molar-refractivity contribution in [3.05, 3.63) is 51.8 Å². The standard InChI is InChI=1S/C20H16F3N5O4/c21-20(22,23)11-2-1-9(8-24-17(30)19(31)3-4-19)5-12(11)25-18-26-13-6-10-15(7-14(13)27-18)32-28-16(10)29/h1-2,5-7,31H,3-4,8H2,(H,24,30)(H,28,29)(H2,25,26,27). The van der Waals surface area contributed by atoms with Gasteiger partial charge in [-0.2, -0.15) is 18.3 Å². The number of halogens is 3. The van der Waals surface area contributed by atoms with E-state index in [-0.39, 0.29) is 29.1 Å². The molecule has 2 heterocycles. The van der Waals surface area contributed by atoms with E-state index in [4.69, 9.17) is 4.52 Å². The number of aliphatic hydroxyl groups is 1. The Morgan fingerprint density at radius 2 is 2.03 bits per heavy atom. The third-order valence-corrected chi connectivity index (χ3v) is 5.32. The number of aromatic amines is 2. The minimum Gasteiger partial charge on any atom is -0.380 e. The molecule has 4 aromatic rings. The van der Waals surface area contributed by atoms with Crippen LogP contribution in [-0.4, -0.2) is 31.7 Å². The van der Waals surface area contributed by atoms with Crippen molar-refractivity contribution < 1.29 is 27.6 Å². The van der Waals surface area contributed by atoms with Crippen molar-refractivity contribution in [2.75, 3.05) is 5.32 Å². The molecule has 0 aliphatic heterocycles. The number of H-pyrrole nitrogens is 2. The molecule has 1 amide bonds. The largest absolute Gasteiger partial charge is 0.418 e. The van der Waals surface area contributed by atoms with E-state index < -0.39 is 28.8 Å². The van der Waals surface area contributed by atoms with E-state index in [0.717, 1.165) is 6.07 Å². The molecule has 0 bridgehead atoms. The molecular weight excluding hydrogens is 431 g/mol. The van der Waals surface area contributed by atoms with Gasteiger partial charge in [-0.15, -0.1) is 0 Å². The summed E-state index contributed by atoms with van der Waals surface area (Å²) in [6.45, 7) is -0.0484. The highest BCUT2D eigenvalue weighted by atomic mass is 19.4. The highest BCUT2D eigenvalue weighted by Crippen LogP contribution is 2.37. The minimum atomic E-state index is -4.63. The second kappa shape index (κ2) is 6.85. The van der Waals surface area contributed by atoms with Crippen LogP contribution in [0, 0.1) is 0 Å². The highest BCUT2D eigenvalue weighted by molar-refractivity contribution is 5.92. The maximum atomic E-state index is 13.5. The van der Waals surface area contributed by atoms with Gasteiger partial charge in [0.2, 0.25) is 5.95 Å². The molecule has 1 aliphatic rings. The van der Waals surface area contributed by atoms with Crippen molar-refractivity contribution in [2.45, 2.75) is 31.2 Å². The van der Waals surface area contributed by atoms with Gasteiger partial charge in [-0.05, 0) is 36.6 Å². The molecule has 1 saturated carbocycles. The zero-order valence-electron chi connectivity index (χ0n) is 16.3. The molecule has 12 heteroatoms. The number of carbonyl (C=O) groups is 1. The summed E-state index contributed by atoms with van der Waals surface area (Å²) in [4.78, 5) is 30.7.